The van der Waals surface area contributed by atoms with Crippen molar-refractivity contribution in [2.75, 3.05) is 44.3 Å². The molecular formula is C11H22N2OS. The number of hydrogen-bond donors (Lipinski definition) is 1. The van der Waals surface area contributed by atoms with E-state index in [-0.39, 0.29) is 5.60 Å². The molecule has 0 spiro atoms. The SMILES string of the molecule is CC1(C)CN(CC2CSCCN2)CCO1. The third-order valence-corrected chi connectivity index (χ3v) is 4.11. The lowest BCUT2D eigenvalue weighted by Gasteiger charge is -2.40. The van der Waals surface area contributed by atoms with Gasteiger partial charge in [0.1, 0.15) is 0 Å². The molecule has 0 aromatic heterocycles. The Bertz CT molecular complexity index is 205. The van der Waals surface area contributed by atoms with Crippen molar-refractivity contribution in [1.82, 2.24) is 10.2 Å². The average Bonchev–Trinajstić information content (AvgIpc) is 2.17. The summed E-state index contributed by atoms with van der Waals surface area (Å²) in [6.45, 7) is 9.75. The Morgan fingerprint density at radius 2 is 2.40 bits per heavy atom. The Morgan fingerprint density at radius 1 is 1.53 bits per heavy atom. The number of nitrogens with one attached hydrogen (secondary N) is 1. The van der Waals surface area contributed by atoms with E-state index in [1.807, 2.05) is 0 Å². The zero-order valence-electron chi connectivity index (χ0n) is 9.79. The van der Waals surface area contributed by atoms with Crippen LogP contribution in [0, 0.1) is 0 Å². The van der Waals surface area contributed by atoms with Crippen LogP contribution >= 0.6 is 11.8 Å². The Balaban J connectivity index is 1.78. The van der Waals surface area contributed by atoms with Gasteiger partial charge in [-0.05, 0) is 13.8 Å². The van der Waals surface area contributed by atoms with Gasteiger partial charge in [0.05, 0.1) is 12.2 Å². The first kappa shape index (κ1) is 11.7. The van der Waals surface area contributed by atoms with Gasteiger partial charge in [-0.1, -0.05) is 0 Å². The van der Waals surface area contributed by atoms with Crippen LogP contribution in [-0.4, -0.2) is 60.8 Å². The molecule has 88 valence electrons. The van der Waals surface area contributed by atoms with Crippen molar-refractivity contribution in [3.8, 4) is 0 Å². The fraction of sp³-hybridized carbons (Fsp3) is 1.00. The summed E-state index contributed by atoms with van der Waals surface area (Å²) in [5.74, 6) is 2.53. The fourth-order valence-corrected chi connectivity index (χ4v) is 3.26. The van der Waals surface area contributed by atoms with Crippen LogP contribution in [0.2, 0.25) is 0 Å². The van der Waals surface area contributed by atoms with Crippen molar-refractivity contribution in [1.29, 1.82) is 0 Å². The molecule has 2 fully saturated rings. The molecule has 1 unspecified atom stereocenters. The molecule has 3 nitrogen and oxygen atoms in total. The zero-order chi connectivity index (χ0) is 10.7. The first-order chi connectivity index (χ1) is 7.16. The van der Waals surface area contributed by atoms with Gasteiger partial charge in [-0.3, -0.25) is 4.90 Å². The summed E-state index contributed by atoms with van der Waals surface area (Å²) in [7, 11) is 0. The average molecular weight is 230 g/mol. The second-order valence-electron chi connectivity index (χ2n) is 5.07. The van der Waals surface area contributed by atoms with Crippen molar-refractivity contribution in [2.24, 2.45) is 0 Å². The number of morpholine rings is 1. The third kappa shape index (κ3) is 3.63. The topological polar surface area (TPSA) is 24.5 Å². The van der Waals surface area contributed by atoms with Crippen LogP contribution in [0.3, 0.4) is 0 Å². The maximum atomic E-state index is 5.72. The molecule has 2 saturated heterocycles. The second kappa shape index (κ2) is 5.04. The van der Waals surface area contributed by atoms with Gasteiger partial charge in [0, 0.05) is 43.7 Å². The van der Waals surface area contributed by atoms with Gasteiger partial charge in [-0.2, -0.15) is 11.8 Å². The van der Waals surface area contributed by atoms with Crippen molar-refractivity contribution < 1.29 is 4.74 Å². The summed E-state index contributed by atoms with van der Waals surface area (Å²) >= 11 is 2.07. The lowest BCUT2D eigenvalue weighted by molar-refractivity contribution is -0.0871. The molecule has 1 atom stereocenters. The third-order valence-electron chi connectivity index (χ3n) is 2.98. The summed E-state index contributed by atoms with van der Waals surface area (Å²) < 4.78 is 5.72. The molecule has 2 heterocycles. The summed E-state index contributed by atoms with van der Waals surface area (Å²) in [5, 5.41) is 3.59. The predicted molar refractivity (Wildman–Crippen MR) is 65.6 cm³/mol. The quantitative estimate of drug-likeness (QED) is 0.758. The van der Waals surface area contributed by atoms with E-state index in [0.717, 1.165) is 19.7 Å². The molecule has 4 heteroatoms. The molecule has 2 rings (SSSR count). The standard InChI is InChI=1S/C11H22N2OS/c1-11(2)9-13(4-5-14-11)7-10-8-15-6-3-12-10/h10,12H,3-9H2,1-2H3. The number of ether oxygens (including phenoxy) is 1. The number of hydrogen-bond acceptors (Lipinski definition) is 4. The molecule has 0 radical (unpaired) electrons. The first-order valence-electron chi connectivity index (χ1n) is 5.83. The monoisotopic (exact) mass is 230 g/mol. The van der Waals surface area contributed by atoms with Crippen LogP contribution in [0.15, 0.2) is 0 Å². The van der Waals surface area contributed by atoms with Crippen LogP contribution in [0.5, 0.6) is 0 Å². The van der Waals surface area contributed by atoms with Crippen LogP contribution in [0.1, 0.15) is 13.8 Å². The Hall–Kier alpha value is 0.230. The minimum Gasteiger partial charge on any atom is -0.373 e. The highest BCUT2D eigenvalue weighted by Gasteiger charge is 2.28. The van der Waals surface area contributed by atoms with Gasteiger partial charge in [0.25, 0.3) is 0 Å². The maximum absolute atomic E-state index is 5.72. The number of thioether (sulfide) groups is 1. The van der Waals surface area contributed by atoms with Gasteiger partial charge in [0.2, 0.25) is 0 Å². The van der Waals surface area contributed by atoms with E-state index in [9.17, 15) is 0 Å². The van der Waals surface area contributed by atoms with E-state index >= 15 is 0 Å². The lowest BCUT2D eigenvalue weighted by atomic mass is 10.1. The molecule has 0 aromatic carbocycles. The molecule has 0 amide bonds. The molecular weight excluding hydrogens is 208 g/mol. The molecule has 2 aliphatic heterocycles. The first-order valence-corrected chi connectivity index (χ1v) is 6.99. The summed E-state index contributed by atoms with van der Waals surface area (Å²) in [6, 6.07) is 0.678. The van der Waals surface area contributed by atoms with Gasteiger partial charge in [-0.15, -0.1) is 0 Å². The minimum atomic E-state index is 0.0417. The predicted octanol–water partition coefficient (Wildman–Crippen LogP) is 0.802. The highest BCUT2D eigenvalue weighted by atomic mass is 32.2. The number of nitrogens with zero attached hydrogens (tertiary/aromatic N) is 1. The van der Waals surface area contributed by atoms with Crippen molar-refractivity contribution in [3.63, 3.8) is 0 Å². The van der Waals surface area contributed by atoms with Crippen molar-refractivity contribution in [2.45, 2.75) is 25.5 Å². The molecule has 0 aliphatic carbocycles. The van der Waals surface area contributed by atoms with E-state index in [1.54, 1.807) is 0 Å². The lowest BCUT2D eigenvalue weighted by Crippen LogP contribution is -2.53. The number of rotatable bonds is 2. The van der Waals surface area contributed by atoms with Gasteiger partial charge >= 0.3 is 0 Å². The minimum absolute atomic E-state index is 0.0417. The van der Waals surface area contributed by atoms with Gasteiger partial charge in [0.15, 0.2) is 0 Å². The highest BCUT2D eigenvalue weighted by Crippen LogP contribution is 2.17. The molecule has 2 aliphatic rings. The van der Waals surface area contributed by atoms with Crippen LogP contribution in [0.25, 0.3) is 0 Å². The van der Waals surface area contributed by atoms with Crippen LogP contribution < -0.4 is 5.32 Å². The molecule has 15 heavy (non-hydrogen) atoms. The van der Waals surface area contributed by atoms with Crippen LogP contribution in [0.4, 0.5) is 0 Å². The fourth-order valence-electron chi connectivity index (χ4n) is 2.32. The second-order valence-corrected chi connectivity index (χ2v) is 6.22. The smallest absolute Gasteiger partial charge is 0.0753 e. The van der Waals surface area contributed by atoms with E-state index in [1.165, 1.54) is 24.6 Å². The van der Waals surface area contributed by atoms with Crippen molar-refractivity contribution in [3.05, 3.63) is 0 Å². The van der Waals surface area contributed by atoms with Gasteiger partial charge in [-0.25, -0.2) is 0 Å². The Labute approximate surface area is 96.9 Å². The normalized spacial score (nSPS) is 32.8. The Morgan fingerprint density at radius 3 is 3.07 bits per heavy atom. The largest absolute Gasteiger partial charge is 0.373 e. The van der Waals surface area contributed by atoms with E-state index in [4.69, 9.17) is 4.74 Å². The van der Waals surface area contributed by atoms with E-state index < -0.39 is 0 Å². The van der Waals surface area contributed by atoms with Crippen molar-refractivity contribution >= 4 is 11.8 Å². The highest BCUT2D eigenvalue weighted by molar-refractivity contribution is 7.99. The van der Waals surface area contributed by atoms with Gasteiger partial charge < -0.3 is 10.1 Å². The molecule has 1 N–H and O–H groups in total. The molecule has 0 aromatic rings. The Kier molecular flexibility index (Phi) is 3.93. The summed E-state index contributed by atoms with van der Waals surface area (Å²) in [4.78, 5) is 2.53. The van der Waals surface area contributed by atoms with E-state index in [2.05, 4.69) is 35.8 Å². The maximum Gasteiger partial charge on any atom is 0.0753 e. The van der Waals surface area contributed by atoms with Crippen LogP contribution in [-0.2, 0) is 4.74 Å². The summed E-state index contributed by atoms with van der Waals surface area (Å²) in [6.07, 6.45) is 0. The molecule has 0 saturated carbocycles. The summed E-state index contributed by atoms with van der Waals surface area (Å²) in [5.41, 5.74) is 0.0417. The zero-order valence-corrected chi connectivity index (χ0v) is 10.6. The van der Waals surface area contributed by atoms with E-state index in [0.29, 0.717) is 6.04 Å². The molecule has 0 bridgehead atoms.